The van der Waals surface area contributed by atoms with Gasteiger partial charge in [-0.2, -0.15) is 4.98 Å². The van der Waals surface area contributed by atoms with E-state index >= 15 is 0 Å². The van der Waals surface area contributed by atoms with E-state index in [1.165, 1.54) is 12.3 Å². The number of nitrogens with one attached hydrogen (secondary N) is 1. The van der Waals surface area contributed by atoms with Gasteiger partial charge in [0.05, 0.1) is 0 Å². The normalized spacial score (nSPS) is 10.5. The van der Waals surface area contributed by atoms with Gasteiger partial charge in [0.1, 0.15) is 12.4 Å². The molecule has 0 saturated heterocycles. The summed E-state index contributed by atoms with van der Waals surface area (Å²) < 4.78 is 6.48. The average molecular weight is 379 g/mol. The number of carbonyl (C=O) groups excluding carboxylic acids is 1. The molecule has 0 radical (unpaired) electrons. The van der Waals surface area contributed by atoms with Crippen LogP contribution < -0.4 is 11.0 Å². The Morgan fingerprint density at radius 1 is 1.00 bits per heavy atom. The lowest BCUT2D eigenvalue weighted by Crippen LogP contribution is -2.27. The van der Waals surface area contributed by atoms with Crippen molar-refractivity contribution in [2.45, 2.75) is 12.6 Å². The van der Waals surface area contributed by atoms with Gasteiger partial charge in [-0.3, -0.25) is 14.7 Å². The third-order valence-electron chi connectivity index (χ3n) is 3.84. The number of carbonyl (C=O) groups is 2. The van der Waals surface area contributed by atoms with Crippen molar-refractivity contribution in [1.29, 1.82) is 0 Å². The van der Waals surface area contributed by atoms with Crippen molar-refractivity contribution < 1.29 is 19.4 Å². The first-order chi connectivity index (χ1) is 13.5. The van der Waals surface area contributed by atoms with Crippen molar-refractivity contribution in [3.63, 3.8) is 0 Å². The molecule has 0 aliphatic carbocycles. The van der Waals surface area contributed by atoms with Crippen LogP contribution in [0.1, 0.15) is 17.2 Å². The predicted molar refractivity (Wildman–Crippen MR) is 101 cm³/mol. The summed E-state index contributed by atoms with van der Waals surface area (Å²) in [6, 6.07) is 19.8. The molecule has 3 rings (SSSR count). The van der Waals surface area contributed by atoms with E-state index < -0.39 is 30.4 Å². The first-order valence-electron chi connectivity index (χ1n) is 8.40. The number of rotatable bonds is 6. The molecule has 2 aromatic carbocycles. The summed E-state index contributed by atoms with van der Waals surface area (Å²) in [5, 5.41) is 11.1. The zero-order chi connectivity index (χ0) is 19.9. The maximum atomic E-state index is 12.4. The fraction of sp³-hybridized carbons (Fsp3) is 0.100. The number of ether oxygens (including phenoxy) is 1. The molecule has 1 aromatic heterocycles. The number of aliphatic carboxylic acids is 1. The lowest BCUT2D eigenvalue weighted by atomic mass is 10.0. The quantitative estimate of drug-likeness (QED) is 0.681. The zero-order valence-electron chi connectivity index (χ0n) is 14.7. The second-order valence-corrected chi connectivity index (χ2v) is 5.85. The van der Waals surface area contributed by atoms with Crippen LogP contribution in [0.5, 0.6) is 0 Å². The molecule has 0 saturated carbocycles. The number of nitrogens with zero attached hydrogens (tertiary/aromatic N) is 2. The largest absolute Gasteiger partial charge is 0.480 e. The van der Waals surface area contributed by atoms with Crippen molar-refractivity contribution >= 4 is 17.9 Å². The minimum Gasteiger partial charge on any atom is -0.480 e. The van der Waals surface area contributed by atoms with Crippen LogP contribution in [0.2, 0.25) is 0 Å². The van der Waals surface area contributed by atoms with Crippen LogP contribution in [0.25, 0.3) is 0 Å². The molecular formula is C20H17N3O5. The molecule has 0 bridgehead atoms. The molecule has 0 spiro atoms. The van der Waals surface area contributed by atoms with Gasteiger partial charge in [0.15, 0.2) is 6.10 Å². The van der Waals surface area contributed by atoms with Crippen molar-refractivity contribution in [2.75, 3.05) is 5.32 Å². The van der Waals surface area contributed by atoms with Crippen LogP contribution in [0.3, 0.4) is 0 Å². The molecular weight excluding hydrogens is 362 g/mol. The monoisotopic (exact) mass is 379 g/mol. The molecule has 0 aliphatic rings. The van der Waals surface area contributed by atoms with Crippen molar-refractivity contribution in [2.24, 2.45) is 0 Å². The van der Waals surface area contributed by atoms with E-state index in [1.54, 1.807) is 0 Å². The van der Waals surface area contributed by atoms with Gasteiger partial charge >= 0.3 is 17.8 Å². The number of amides is 1. The van der Waals surface area contributed by atoms with Crippen LogP contribution in [-0.2, 0) is 16.1 Å². The zero-order valence-corrected chi connectivity index (χ0v) is 14.7. The van der Waals surface area contributed by atoms with Gasteiger partial charge in [-0.25, -0.2) is 9.59 Å². The van der Waals surface area contributed by atoms with E-state index in [0.29, 0.717) is 0 Å². The Labute approximate surface area is 160 Å². The predicted octanol–water partition coefficient (Wildman–Crippen LogP) is 2.67. The minimum absolute atomic E-state index is 0.0310. The second-order valence-electron chi connectivity index (χ2n) is 5.85. The summed E-state index contributed by atoms with van der Waals surface area (Å²) in [4.78, 5) is 38.5. The summed E-state index contributed by atoms with van der Waals surface area (Å²) in [6.07, 6.45) is -0.194. The van der Waals surface area contributed by atoms with Gasteiger partial charge in [-0.05, 0) is 17.2 Å². The molecule has 8 heteroatoms. The van der Waals surface area contributed by atoms with Gasteiger partial charge in [-0.1, -0.05) is 60.7 Å². The highest BCUT2D eigenvalue weighted by Gasteiger charge is 2.19. The third kappa shape index (κ3) is 4.82. The highest BCUT2D eigenvalue weighted by atomic mass is 16.6. The third-order valence-corrected chi connectivity index (χ3v) is 3.84. The Hall–Kier alpha value is -3.94. The smallest absolute Gasteiger partial charge is 0.413 e. The number of carboxylic acid groups (broad SMARTS) is 1. The molecule has 142 valence electrons. The summed E-state index contributed by atoms with van der Waals surface area (Å²) in [7, 11) is 0. The van der Waals surface area contributed by atoms with Crippen LogP contribution in [0, 0.1) is 0 Å². The van der Waals surface area contributed by atoms with Crippen LogP contribution in [0.15, 0.2) is 77.7 Å². The van der Waals surface area contributed by atoms with Gasteiger partial charge < -0.3 is 9.84 Å². The summed E-state index contributed by atoms with van der Waals surface area (Å²) in [6.45, 7) is -0.513. The number of aromatic nitrogens is 2. The van der Waals surface area contributed by atoms with E-state index in [1.807, 2.05) is 60.7 Å². The number of hydrogen-bond acceptors (Lipinski definition) is 5. The first kappa shape index (κ1) is 18.8. The van der Waals surface area contributed by atoms with Gasteiger partial charge in [0.25, 0.3) is 0 Å². The molecule has 0 unspecified atom stereocenters. The molecule has 1 heterocycles. The second kappa shape index (κ2) is 8.63. The Morgan fingerprint density at radius 2 is 1.57 bits per heavy atom. The Bertz CT molecular complexity index is 979. The molecule has 3 aromatic rings. The van der Waals surface area contributed by atoms with Crippen LogP contribution >= 0.6 is 0 Å². The average Bonchev–Trinajstić information content (AvgIpc) is 2.69. The topological polar surface area (TPSA) is 111 Å². The van der Waals surface area contributed by atoms with E-state index in [-0.39, 0.29) is 5.82 Å². The van der Waals surface area contributed by atoms with Crippen molar-refractivity contribution in [3.8, 4) is 0 Å². The van der Waals surface area contributed by atoms with E-state index in [4.69, 9.17) is 9.84 Å². The lowest BCUT2D eigenvalue weighted by molar-refractivity contribution is -0.137. The first-order valence-corrected chi connectivity index (χ1v) is 8.40. The van der Waals surface area contributed by atoms with Crippen LogP contribution in [-0.4, -0.2) is 26.7 Å². The van der Waals surface area contributed by atoms with Gasteiger partial charge in [0, 0.05) is 6.20 Å². The lowest BCUT2D eigenvalue weighted by Gasteiger charge is -2.19. The SMILES string of the molecule is O=C(O)Cn1ccc(NC(=O)OC(c2ccccc2)c2ccccc2)nc1=O. The Kier molecular flexibility index (Phi) is 5.81. The summed E-state index contributed by atoms with van der Waals surface area (Å²) >= 11 is 0. The molecule has 1 amide bonds. The number of carboxylic acids is 1. The summed E-state index contributed by atoms with van der Waals surface area (Å²) in [5.74, 6) is -1.20. The minimum atomic E-state index is -1.17. The number of benzene rings is 2. The molecule has 0 atom stereocenters. The maximum Gasteiger partial charge on any atom is 0.413 e. The van der Waals surface area contributed by atoms with Crippen molar-refractivity contribution in [1.82, 2.24) is 9.55 Å². The van der Waals surface area contributed by atoms with Gasteiger partial charge in [0.2, 0.25) is 0 Å². The fourth-order valence-electron chi connectivity index (χ4n) is 2.59. The van der Waals surface area contributed by atoms with E-state index in [9.17, 15) is 14.4 Å². The fourth-order valence-corrected chi connectivity index (χ4v) is 2.59. The standard InChI is InChI=1S/C20H17N3O5/c24-17(25)13-23-12-11-16(21-19(23)26)22-20(27)28-18(14-7-3-1-4-8-14)15-9-5-2-6-10-15/h1-12,18H,13H2,(H,24,25)(H,21,22,26,27). The molecule has 2 N–H and O–H groups in total. The van der Waals surface area contributed by atoms with E-state index in [2.05, 4.69) is 10.3 Å². The maximum absolute atomic E-state index is 12.4. The highest BCUT2D eigenvalue weighted by Crippen LogP contribution is 2.26. The Balaban J connectivity index is 1.77. The van der Waals surface area contributed by atoms with Crippen LogP contribution in [0.4, 0.5) is 10.6 Å². The highest BCUT2D eigenvalue weighted by molar-refractivity contribution is 5.83. The molecule has 0 aliphatic heterocycles. The molecule has 0 fully saturated rings. The summed E-state index contributed by atoms with van der Waals surface area (Å²) in [5.41, 5.74) is 0.783. The molecule has 8 nitrogen and oxygen atoms in total. The molecule has 28 heavy (non-hydrogen) atoms. The number of anilines is 1. The van der Waals surface area contributed by atoms with Crippen molar-refractivity contribution in [3.05, 3.63) is 94.5 Å². The van der Waals surface area contributed by atoms with Gasteiger partial charge in [-0.15, -0.1) is 0 Å². The Morgan fingerprint density at radius 3 is 2.07 bits per heavy atom. The van der Waals surface area contributed by atoms with E-state index in [0.717, 1.165) is 15.7 Å². The number of hydrogen-bond donors (Lipinski definition) is 2.